The van der Waals surface area contributed by atoms with Gasteiger partial charge in [0.05, 0.1) is 12.2 Å². The number of unbranched alkanes of at least 4 members (excludes halogenated alkanes) is 4. The van der Waals surface area contributed by atoms with Crippen molar-refractivity contribution < 1.29 is 4.74 Å². The number of ether oxygens (including phenoxy) is 1. The van der Waals surface area contributed by atoms with Crippen LogP contribution in [-0.2, 0) is 4.74 Å². The summed E-state index contributed by atoms with van der Waals surface area (Å²) in [6.45, 7) is 4.53. The zero-order valence-corrected chi connectivity index (χ0v) is 10.6. The van der Waals surface area contributed by atoms with Gasteiger partial charge in [0, 0.05) is 0 Å². The number of hydrogen-bond acceptors (Lipinski definition) is 1. The maximum Gasteiger partial charge on any atom is 0.0579 e. The summed E-state index contributed by atoms with van der Waals surface area (Å²) < 4.78 is 6.05. The summed E-state index contributed by atoms with van der Waals surface area (Å²) in [5, 5.41) is 0. The van der Waals surface area contributed by atoms with E-state index in [1.165, 1.54) is 64.2 Å². The lowest BCUT2D eigenvalue weighted by Gasteiger charge is -2.13. The zero-order chi connectivity index (χ0) is 10.9. The fraction of sp³-hybridized carbons (Fsp3) is 1.00. The first-order valence-electron chi connectivity index (χ1n) is 7.02. The molecule has 1 aliphatic heterocycles. The molecule has 0 aromatic rings. The van der Waals surface area contributed by atoms with Gasteiger partial charge in [-0.1, -0.05) is 52.4 Å². The molecule has 0 aromatic heterocycles. The third-order valence-corrected chi connectivity index (χ3v) is 3.45. The Morgan fingerprint density at radius 2 is 1.27 bits per heavy atom. The van der Waals surface area contributed by atoms with Crippen LogP contribution in [0.2, 0.25) is 0 Å². The molecule has 1 aliphatic rings. The Kier molecular flexibility index (Phi) is 7.08. The van der Waals surface area contributed by atoms with E-state index in [1.807, 2.05) is 0 Å². The van der Waals surface area contributed by atoms with Crippen molar-refractivity contribution in [2.75, 3.05) is 0 Å². The Hall–Kier alpha value is -0.0400. The highest BCUT2D eigenvalue weighted by atomic mass is 16.5. The second-order valence-electron chi connectivity index (χ2n) is 4.95. The number of rotatable bonds is 8. The Morgan fingerprint density at radius 3 is 1.67 bits per heavy atom. The minimum absolute atomic E-state index is 0.600. The van der Waals surface area contributed by atoms with Crippen molar-refractivity contribution in [1.82, 2.24) is 0 Å². The average Bonchev–Trinajstić information content (AvgIpc) is 2.67. The molecule has 0 bridgehead atoms. The van der Waals surface area contributed by atoms with Crippen LogP contribution in [0.4, 0.5) is 0 Å². The Bertz CT molecular complexity index is 128. The van der Waals surface area contributed by atoms with E-state index in [4.69, 9.17) is 4.74 Å². The highest BCUT2D eigenvalue weighted by Gasteiger charge is 2.23. The summed E-state index contributed by atoms with van der Waals surface area (Å²) in [7, 11) is 0. The van der Waals surface area contributed by atoms with Crippen molar-refractivity contribution in [2.24, 2.45) is 0 Å². The summed E-state index contributed by atoms with van der Waals surface area (Å²) >= 11 is 0. The topological polar surface area (TPSA) is 9.23 Å². The zero-order valence-electron chi connectivity index (χ0n) is 10.6. The van der Waals surface area contributed by atoms with Gasteiger partial charge in [0.25, 0.3) is 0 Å². The number of hydrogen-bond donors (Lipinski definition) is 0. The van der Waals surface area contributed by atoms with E-state index in [9.17, 15) is 0 Å². The fourth-order valence-electron chi connectivity index (χ4n) is 2.45. The van der Waals surface area contributed by atoms with Gasteiger partial charge < -0.3 is 4.74 Å². The molecule has 1 nitrogen and oxygen atoms in total. The molecule has 0 radical (unpaired) electrons. The molecule has 1 heterocycles. The summed E-state index contributed by atoms with van der Waals surface area (Å²) in [5.41, 5.74) is 0. The van der Waals surface area contributed by atoms with Gasteiger partial charge in [-0.2, -0.15) is 0 Å². The Balaban J connectivity index is 1.99. The van der Waals surface area contributed by atoms with Gasteiger partial charge in [-0.05, 0) is 25.7 Å². The molecule has 0 aliphatic carbocycles. The predicted octanol–water partition coefficient (Wildman–Crippen LogP) is 4.69. The molecule has 15 heavy (non-hydrogen) atoms. The van der Waals surface area contributed by atoms with Gasteiger partial charge in [-0.15, -0.1) is 0 Å². The lowest BCUT2D eigenvalue weighted by molar-refractivity contribution is 0.0336. The monoisotopic (exact) mass is 212 g/mol. The molecule has 0 aromatic carbocycles. The van der Waals surface area contributed by atoms with Crippen LogP contribution in [0.25, 0.3) is 0 Å². The maximum absolute atomic E-state index is 6.05. The van der Waals surface area contributed by atoms with Crippen LogP contribution in [0, 0.1) is 0 Å². The molecule has 0 unspecified atom stereocenters. The highest BCUT2D eigenvalue weighted by Crippen LogP contribution is 2.26. The standard InChI is InChI=1S/C14H28O/c1-3-5-7-9-13-11-12-14(15-13)10-8-6-4-2/h13-14H,3-12H2,1-2H3/t13-,14-/m0/s1. The van der Waals surface area contributed by atoms with Crippen LogP contribution < -0.4 is 0 Å². The Labute approximate surface area is 95.6 Å². The molecule has 1 heteroatoms. The summed E-state index contributed by atoms with van der Waals surface area (Å²) in [6, 6.07) is 0. The van der Waals surface area contributed by atoms with Crippen LogP contribution in [0.1, 0.15) is 78.1 Å². The third-order valence-electron chi connectivity index (χ3n) is 3.45. The maximum atomic E-state index is 6.05. The smallest absolute Gasteiger partial charge is 0.0579 e. The normalized spacial score (nSPS) is 26.0. The molecule has 90 valence electrons. The van der Waals surface area contributed by atoms with Gasteiger partial charge in [0.15, 0.2) is 0 Å². The van der Waals surface area contributed by atoms with E-state index in [1.54, 1.807) is 0 Å². The summed E-state index contributed by atoms with van der Waals surface area (Å²) in [6.07, 6.45) is 14.6. The van der Waals surface area contributed by atoms with Crippen molar-refractivity contribution in [2.45, 2.75) is 90.3 Å². The third kappa shape index (κ3) is 5.55. The van der Waals surface area contributed by atoms with Crippen LogP contribution >= 0.6 is 0 Å². The first-order chi connectivity index (χ1) is 7.36. The molecule has 1 saturated heterocycles. The lowest BCUT2D eigenvalue weighted by atomic mass is 10.1. The van der Waals surface area contributed by atoms with E-state index in [-0.39, 0.29) is 0 Å². The molecule has 0 saturated carbocycles. The van der Waals surface area contributed by atoms with Gasteiger partial charge in [0.2, 0.25) is 0 Å². The van der Waals surface area contributed by atoms with Crippen LogP contribution in [0.5, 0.6) is 0 Å². The first kappa shape index (κ1) is 13.0. The first-order valence-corrected chi connectivity index (χ1v) is 7.02. The molecular weight excluding hydrogens is 184 g/mol. The van der Waals surface area contributed by atoms with Crippen molar-refractivity contribution in [3.63, 3.8) is 0 Å². The van der Waals surface area contributed by atoms with E-state index < -0.39 is 0 Å². The van der Waals surface area contributed by atoms with Crippen molar-refractivity contribution in [3.8, 4) is 0 Å². The van der Waals surface area contributed by atoms with Crippen LogP contribution in [0.15, 0.2) is 0 Å². The second-order valence-corrected chi connectivity index (χ2v) is 4.95. The van der Waals surface area contributed by atoms with E-state index in [2.05, 4.69) is 13.8 Å². The average molecular weight is 212 g/mol. The van der Waals surface area contributed by atoms with E-state index >= 15 is 0 Å². The highest BCUT2D eigenvalue weighted by molar-refractivity contribution is 4.73. The molecular formula is C14H28O. The molecule has 1 fully saturated rings. The van der Waals surface area contributed by atoms with Gasteiger partial charge in [-0.25, -0.2) is 0 Å². The van der Waals surface area contributed by atoms with Crippen LogP contribution in [0.3, 0.4) is 0 Å². The largest absolute Gasteiger partial charge is 0.375 e. The summed E-state index contributed by atoms with van der Waals surface area (Å²) in [5.74, 6) is 0. The molecule has 1 rings (SSSR count). The van der Waals surface area contributed by atoms with Gasteiger partial charge in [0.1, 0.15) is 0 Å². The molecule has 2 atom stereocenters. The van der Waals surface area contributed by atoms with Crippen LogP contribution in [-0.4, -0.2) is 12.2 Å². The quantitative estimate of drug-likeness (QED) is 0.530. The minimum Gasteiger partial charge on any atom is -0.375 e. The molecule has 0 amide bonds. The van der Waals surface area contributed by atoms with E-state index in [0.717, 1.165) is 0 Å². The van der Waals surface area contributed by atoms with Gasteiger partial charge >= 0.3 is 0 Å². The molecule has 0 N–H and O–H groups in total. The lowest BCUT2D eigenvalue weighted by Crippen LogP contribution is -2.10. The second kappa shape index (κ2) is 8.15. The minimum atomic E-state index is 0.600. The van der Waals surface area contributed by atoms with Crippen molar-refractivity contribution in [1.29, 1.82) is 0 Å². The van der Waals surface area contributed by atoms with Crippen molar-refractivity contribution >= 4 is 0 Å². The predicted molar refractivity (Wildman–Crippen MR) is 66.2 cm³/mol. The van der Waals surface area contributed by atoms with Gasteiger partial charge in [-0.3, -0.25) is 0 Å². The summed E-state index contributed by atoms with van der Waals surface area (Å²) in [4.78, 5) is 0. The molecule has 0 spiro atoms. The van der Waals surface area contributed by atoms with E-state index in [0.29, 0.717) is 12.2 Å². The van der Waals surface area contributed by atoms with Crippen molar-refractivity contribution in [3.05, 3.63) is 0 Å². The Morgan fingerprint density at radius 1 is 0.800 bits per heavy atom. The fourth-order valence-corrected chi connectivity index (χ4v) is 2.45. The SMILES string of the molecule is CCCCC[C@H]1CC[C@H](CCCCC)O1.